The van der Waals surface area contributed by atoms with Crippen LogP contribution in [0, 0.1) is 13.8 Å². The van der Waals surface area contributed by atoms with Crippen molar-refractivity contribution in [1.29, 1.82) is 0 Å². The third-order valence-corrected chi connectivity index (χ3v) is 9.35. The van der Waals surface area contributed by atoms with E-state index in [2.05, 4.69) is 47.9 Å². The van der Waals surface area contributed by atoms with Crippen molar-refractivity contribution < 1.29 is 14.3 Å². The molecule has 2 aliphatic heterocycles. The van der Waals surface area contributed by atoms with Crippen LogP contribution in [0.5, 0.6) is 5.75 Å². The highest BCUT2D eigenvalue weighted by atomic mass is 32.1. The molecule has 0 aliphatic carbocycles. The number of benzene rings is 1. The molecule has 4 aromatic rings. The average Bonchev–Trinajstić information content (AvgIpc) is 3.56. The SMILES string of the molecule is COc1ccc(CN2CCC(Nc3ncnc4sc(C(=O)N5CCOCC5)c(C)c34)CC2)cc1Cn1ccnc1C. The van der Waals surface area contributed by atoms with Crippen LogP contribution in [-0.4, -0.2) is 87.8 Å². The molecular formula is C30H37N7O3S. The second-order valence-electron chi connectivity index (χ2n) is 10.8. The van der Waals surface area contributed by atoms with E-state index in [0.29, 0.717) is 32.3 Å². The summed E-state index contributed by atoms with van der Waals surface area (Å²) in [7, 11) is 1.73. The standard InChI is InChI=1S/C30H37N7O3S/c1-20-26-28(32-19-33-29(26)41-27(20)30(38)36-12-14-40-15-13-36)34-24-6-9-35(10-7-24)17-22-4-5-25(39-3)23(16-22)18-37-11-8-31-21(37)2/h4-5,8,11,16,19,24H,6-7,9-10,12-15,17-18H2,1-3H3,(H,32,33,34). The number of anilines is 1. The van der Waals surface area contributed by atoms with Gasteiger partial charge in [0.1, 0.15) is 28.5 Å². The number of morpholine rings is 1. The molecule has 5 heterocycles. The number of amides is 1. The van der Waals surface area contributed by atoms with Gasteiger partial charge in [-0.15, -0.1) is 11.3 Å². The number of hydrogen-bond donors (Lipinski definition) is 1. The fourth-order valence-electron chi connectivity index (χ4n) is 5.79. The Balaban J connectivity index is 1.10. The lowest BCUT2D eigenvalue weighted by molar-refractivity contribution is 0.0306. The van der Waals surface area contributed by atoms with Crippen molar-refractivity contribution in [1.82, 2.24) is 29.3 Å². The van der Waals surface area contributed by atoms with Crippen molar-refractivity contribution in [2.24, 2.45) is 0 Å². The number of nitrogens with zero attached hydrogens (tertiary/aromatic N) is 6. The summed E-state index contributed by atoms with van der Waals surface area (Å²) in [5, 5.41) is 4.66. The maximum atomic E-state index is 13.2. The van der Waals surface area contributed by atoms with Gasteiger partial charge in [0.2, 0.25) is 0 Å². The van der Waals surface area contributed by atoms with Crippen LogP contribution in [-0.2, 0) is 17.8 Å². The fraction of sp³-hybridized carbons (Fsp3) is 0.467. The number of fused-ring (bicyclic) bond motifs is 1. The zero-order chi connectivity index (χ0) is 28.3. The molecule has 2 saturated heterocycles. The molecule has 0 spiro atoms. The molecule has 0 unspecified atom stereocenters. The minimum atomic E-state index is 0.0647. The monoisotopic (exact) mass is 575 g/mol. The second kappa shape index (κ2) is 12.1. The normalized spacial score (nSPS) is 16.8. The molecule has 216 valence electrons. The van der Waals surface area contributed by atoms with Gasteiger partial charge in [-0.1, -0.05) is 6.07 Å². The lowest BCUT2D eigenvalue weighted by Gasteiger charge is -2.33. The summed E-state index contributed by atoms with van der Waals surface area (Å²) in [4.78, 5) is 32.7. The minimum Gasteiger partial charge on any atom is -0.496 e. The maximum Gasteiger partial charge on any atom is 0.264 e. The summed E-state index contributed by atoms with van der Waals surface area (Å²) in [6, 6.07) is 6.82. The Morgan fingerprint density at radius 1 is 1.10 bits per heavy atom. The number of carbonyl (C=O) groups is 1. The predicted molar refractivity (Wildman–Crippen MR) is 160 cm³/mol. The van der Waals surface area contributed by atoms with E-state index in [4.69, 9.17) is 9.47 Å². The van der Waals surface area contributed by atoms with Crippen molar-refractivity contribution in [3.8, 4) is 5.75 Å². The highest BCUT2D eigenvalue weighted by Crippen LogP contribution is 2.35. The van der Waals surface area contributed by atoms with Gasteiger partial charge in [0.25, 0.3) is 5.91 Å². The van der Waals surface area contributed by atoms with Crippen LogP contribution in [0.25, 0.3) is 10.2 Å². The number of piperidine rings is 1. The Morgan fingerprint density at radius 2 is 1.90 bits per heavy atom. The molecule has 41 heavy (non-hydrogen) atoms. The Bertz CT molecular complexity index is 1520. The topological polar surface area (TPSA) is 97.6 Å². The smallest absolute Gasteiger partial charge is 0.264 e. The molecule has 0 saturated carbocycles. The van der Waals surface area contributed by atoms with E-state index in [1.165, 1.54) is 16.9 Å². The van der Waals surface area contributed by atoms with Gasteiger partial charge >= 0.3 is 0 Å². The Morgan fingerprint density at radius 3 is 2.63 bits per heavy atom. The lowest BCUT2D eigenvalue weighted by Crippen LogP contribution is -2.40. The number of methoxy groups -OCH3 is 1. The molecule has 0 radical (unpaired) electrons. The second-order valence-corrected chi connectivity index (χ2v) is 11.8. The third kappa shape index (κ3) is 5.93. The number of nitrogens with one attached hydrogen (secondary N) is 1. The van der Waals surface area contributed by atoms with Gasteiger partial charge < -0.3 is 24.3 Å². The van der Waals surface area contributed by atoms with Gasteiger partial charge in [0.05, 0.1) is 37.1 Å². The molecule has 1 N–H and O–H groups in total. The molecule has 2 fully saturated rings. The molecule has 6 rings (SSSR count). The van der Waals surface area contributed by atoms with Crippen LogP contribution in [0.15, 0.2) is 36.9 Å². The number of ether oxygens (including phenoxy) is 2. The van der Waals surface area contributed by atoms with Crippen molar-refractivity contribution in [2.75, 3.05) is 51.8 Å². The number of aromatic nitrogens is 4. The number of imidazole rings is 1. The van der Waals surface area contributed by atoms with Crippen molar-refractivity contribution >= 4 is 33.3 Å². The lowest BCUT2D eigenvalue weighted by atomic mass is 10.0. The molecule has 1 aromatic carbocycles. The molecule has 2 aliphatic rings. The Kier molecular flexibility index (Phi) is 8.18. The number of aryl methyl sites for hydroxylation is 2. The van der Waals surface area contributed by atoms with E-state index in [0.717, 1.165) is 82.6 Å². The number of likely N-dealkylation sites (tertiary alicyclic amines) is 1. The summed E-state index contributed by atoms with van der Waals surface area (Å²) in [5.74, 6) is 2.79. The Labute approximate surface area is 244 Å². The van der Waals surface area contributed by atoms with Crippen LogP contribution >= 0.6 is 11.3 Å². The van der Waals surface area contributed by atoms with Gasteiger partial charge in [-0.25, -0.2) is 15.0 Å². The van der Waals surface area contributed by atoms with E-state index >= 15 is 0 Å². The van der Waals surface area contributed by atoms with Crippen molar-refractivity contribution in [3.63, 3.8) is 0 Å². The summed E-state index contributed by atoms with van der Waals surface area (Å²) in [6.07, 6.45) is 7.48. The van der Waals surface area contributed by atoms with E-state index in [1.54, 1.807) is 13.4 Å². The Hall–Kier alpha value is -3.54. The van der Waals surface area contributed by atoms with E-state index in [9.17, 15) is 4.79 Å². The van der Waals surface area contributed by atoms with Gasteiger partial charge in [-0.3, -0.25) is 9.69 Å². The minimum absolute atomic E-state index is 0.0647. The fourth-order valence-corrected chi connectivity index (χ4v) is 6.91. The van der Waals surface area contributed by atoms with Crippen LogP contribution in [0.3, 0.4) is 0 Å². The van der Waals surface area contributed by atoms with Gasteiger partial charge in [0.15, 0.2) is 0 Å². The van der Waals surface area contributed by atoms with Gasteiger partial charge in [-0.2, -0.15) is 0 Å². The number of rotatable bonds is 8. The largest absolute Gasteiger partial charge is 0.496 e. The van der Waals surface area contributed by atoms with Crippen molar-refractivity contribution in [3.05, 3.63) is 64.3 Å². The number of hydrogen-bond acceptors (Lipinski definition) is 9. The predicted octanol–water partition coefficient (Wildman–Crippen LogP) is 4.11. The summed E-state index contributed by atoms with van der Waals surface area (Å²) in [5.41, 5.74) is 3.41. The molecule has 10 nitrogen and oxygen atoms in total. The summed E-state index contributed by atoms with van der Waals surface area (Å²) in [6.45, 7) is 10.1. The molecular weight excluding hydrogens is 538 g/mol. The highest BCUT2D eigenvalue weighted by molar-refractivity contribution is 7.20. The third-order valence-electron chi connectivity index (χ3n) is 8.16. The first-order chi connectivity index (χ1) is 20.0. The molecule has 11 heteroatoms. The van der Waals surface area contributed by atoms with E-state index in [-0.39, 0.29) is 5.91 Å². The zero-order valence-electron chi connectivity index (χ0n) is 23.9. The van der Waals surface area contributed by atoms with Crippen LogP contribution in [0.4, 0.5) is 5.82 Å². The quantitative estimate of drug-likeness (QED) is 0.335. The first-order valence-corrected chi connectivity index (χ1v) is 15.1. The van der Waals surface area contributed by atoms with E-state index in [1.807, 2.05) is 31.1 Å². The first-order valence-electron chi connectivity index (χ1n) is 14.2. The molecule has 0 bridgehead atoms. The van der Waals surface area contributed by atoms with Crippen molar-refractivity contribution in [2.45, 2.75) is 45.8 Å². The van der Waals surface area contributed by atoms with Gasteiger partial charge in [0, 0.05) is 56.7 Å². The number of thiophene rings is 1. The first kappa shape index (κ1) is 27.6. The highest BCUT2D eigenvalue weighted by Gasteiger charge is 2.26. The van der Waals surface area contributed by atoms with Crippen LogP contribution in [0.1, 0.15) is 45.0 Å². The molecule has 0 atom stereocenters. The maximum absolute atomic E-state index is 13.2. The van der Waals surface area contributed by atoms with E-state index < -0.39 is 0 Å². The molecule has 3 aromatic heterocycles. The average molecular weight is 576 g/mol. The zero-order valence-corrected chi connectivity index (χ0v) is 24.7. The van der Waals surface area contributed by atoms with Crippen LogP contribution in [0.2, 0.25) is 0 Å². The summed E-state index contributed by atoms with van der Waals surface area (Å²) >= 11 is 1.46. The number of carbonyl (C=O) groups excluding carboxylic acids is 1. The molecule has 1 amide bonds. The van der Waals surface area contributed by atoms with Gasteiger partial charge in [-0.05, 0) is 49.9 Å². The van der Waals surface area contributed by atoms with Crippen LogP contribution < -0.4 is 10.1 Å². The summed E-state index contributed by atoms with van der Waals surface area (Å²) < 4.78 is 13.2.